The number of hydrogen-bond donors (Lipinski definition) is 2. The second-order valence-corrected chi connectivity index (χ2v) is 4.76. The SMILES string of the molecule is COCC(NC(=O)CCOc1ccc(C)c(C)c1)C(=O)O. The number of aryl methyl sites for hydroxylation is 2. The van der Waals surface area contributed by atoms with Crippen LogP contribution >= 0.6 is 0 Å². The van der Waals surface area contributed by atoms with Crippen molar-refractivity contribution in [2.45, 2.75) is 26.3 Å². The van der Waals surface area contributed by atoms with E-state index in [9.17, 15) is 9.59 Å². The lowest BCUT2D eigenvalue weighted by atomic mass is 10.1. The van der Waals surface area contributed by atoms with Crippen LogP contribution < -0.4 is 10.1 Å². The van der Waals surface area contributed by atoms with Gasteiger partial charge in [0.15, 0.2) is 6.04 Å². The molecule has 0 spiro atoms. The molecular weight excluding hydrogens is 274 g/mol. The molecular formula is C15H21NO5. The molecule has 0 aliphatic rings. The van der Waals surface area contributed by atoms with Gasteiger partial charge in [0.05, 0.1) is 19.6 Å². The zero-order valence-electron chi connectivity index (χ0n) is 12.5. The quantitative estimate of drug-likeness (QED) is 0.755. The number of ether oxygens (including phenoxy) is 2. The second-order valence-electron chi connectivity index (χ2n) is 4.76. The van der Waals surface area contributed by atoms with Crippen LogP contribution in [0.3, 0.4) is 0 Å². The number of benzene rings is 1. The summed E-state index contributed by atoms with van der Waals surface area (Å²) in [5, 5.41) is 11.3. The van der Waals surface area contributed by atoms with Crippen molar-refractivity contribution in [2.75, 3.05) is 20.3 Å². The molecule has 1 amide bonds. The molecule has 0 aromatic heterocycles. The number of carbonyl (C=O) groups excluding carboxylic acids is 1. The first-order valence-electron chi connectivity index (χ1n) is 6.65. The van der Waals surface area contributed by atoms with Gasteiger partial charge in [0, 0.05) is 7.11 Å². The van der Waals surface area contributed by atoms with Gasteiger partial charge < -0.3 is 19.9 Å². The normalized spacial score (nSPS) is 11.8. The van der Waals surface area contributed by atoms with E-state index in [0.717, 1.165) is 5.56 Å². The van der Waals surface area contributed by atoms with E-state index in [1.54, 1.807) is 0 Å². The van der Waals surface area contributed by atoms with Gasteiger partial charge in [-0.15, -0.1) is 0 Å². The second kappa shape index (κ2) is 8.26. The third-order valence-electron chi connectivity index (χ3n) is 3.04. The van der Waals surface area contributed by atoms with Gasteiger partial charge >= 0.3 is 5.97 Å². The topological polar surface area (TPSA) is 84.9 Å². The summed E-state index contributed by atoms with van der Waals surface area (Å²) in [4.78, 5) is 22.5. The Morgan fingerprint density at radius 3 is 2.57 bits per heavy atom. The molecule has 0 bridgehead atoms. The Labute approximate surface area is 124 Å². The molecule has 6 nitrogen and oxygen atoms in total. The van der Waals surface area contributed by atoms with Crippen LogP contribution in [0.15, 0.2) is 18.2 Å². The summed E-state index contributed by atoms with van der Waals surface area (Å²) < 4.78 is 10.2. The third-order valence-corrected chi connectivity index (χ3v) is 3.04. The molecule has 0 heterocycles. The number of rotatable bonds is 8. The maximum Gasteiger partial charge on any atom is 0.328 e. The van der Waals surface area contributed by atoms with Crippen molar-refractivity contribution in [3.63, 3.8) is 0 Å². The summed E-state index contributed by atoms with van der Waals surface area (Å²) >= 11 is 0. The maximum atomic E-state index is 11.6. The van der Waals surface area contributed by atoms with Crippen LogP contribution in [0.1, 0.15) is 17.5 Å². The van der Waals surface area contributed by atoms with Crippen LogP contribution in [0, 0.1) is 13.8 Å². The van der Waals surface area contributed by atoms with E-state index in [1.165, 1.54) is 12.7 Å². The average molecular weight is 295 g/mol. The highest BCUT2D eigenvalue weighted by molar-refractivity contribution is 5.83. The van der Waals surface area contributed by atoms with Gasteiger partial charge in [0.1, 0.15) is 5.75 Å². The Morgan fingerprint density at radius 1 is 1.29 bits per heavy atom. The highest BCUT2D eigenvalue weighted by atomic mass is 16.5. The molecule has 0 fully saturated rings. The number of carboxylic acids is 1. The number of carboxylic acid groups (broad SMARTS) is 1. The van der Waals surface area contributed by atoms with E-state index in [4.69, 9.17) is 14.6 Å². The average Bonchev–Trinajstić information content (AvgIpc) is 2.42. The molecule has 21 heavy (non-hydrogen) atoms. The first-order valence-corrected chi connectivity index (χ1v) is 6.65. The van der Waals surface area contributed by atoms with Gasteiger partial charge in [-0.05, 0) is 37.1 Å². The van der Waals surface area contributed by atoms with Crippen LogP contribution in [0.2, 0.25) is 0 Å². The van der Waals surface area contributed by atoms with Crippen LogP contribution in [0.25, 0.3) is 0 Å². The number of nitrogens with one attached hydrogen (secondary N) is 1. The Kier molecular flexibility index (Phi) is 6.68. The fourth-order valence-corrected chi connectivity index (χ4v) is 1.67. The number of aliphatic carboxylic acids is 1. The number of hydrogen-bond acceptors (Lipinski definition) is 4. The molecule has 0 aliphatic heterocycles. The van der Waals surface area contributed by atoms with E-state index in [-0.39, 0.29) is 25.5 Å². The Morgan fingerprint density at radius 2 is 2.00 bits per heavy atom. The van der Waals surface area contributed by atoms with E-state index < -0.39 is 12.0 Å². The van der Waals surface area contributed by atoms with Crippen LogP contribution in [-0.2, 0) is 14.3 Å². The molecule has 2 N–H and O–H groups in total. The van der Waals surface area contributed by atoms with Crippen molar-refractivity contribution in [1.82, 2.24) is 5.32 Å². The van der Waals surface area contributed by atoms with Crippen LogP contribution in [0.5, 0.6) is 5.75 Å². The molecule has 1 aromatic rings. The van der Waals surface area contributed by atoms with Gasteiger partial charge in [0.2, 0.25) is 5.91 Å². The molecule has 1 unspecified atom stereocenters. The van der Waals surface area contributed by atoms with Crippen LogP contribution in [-0.4, -0.2) is 43.3 Å². The molecule has 1 rings (SSSR count). The van der Waals surface area contributed by atoms with Gasteiger partial charge in [-0.25, -0.2) is 4.79 Å². The van der Waals surface area contributed by atoms with E-state index in [2.05, 4.69) is 5.32 Å². The first-order chi connectivity index (χ1) is 9.93. The van der Waals surface area contributed by atoms with Crippen molar-refractivity contribution < 1.29 is 24.2 Å². The van der Waals surface area contributed by atoms with Crippen molar-refractivity contribution >= 4 is 11.9 Å². The van der Waals surface area contributed by atoms with Crippen molar-refractivity contribution in [2.24, 2.45) is 0 Å². The summed E-state index contributed by atoms with van der Waals surface area (Å²) in [5.41, 5.74) is 2.28. The lowest BCUT2D eigenvalue weighted by molar-refractivity contribution is -0.143. The molecule has 0 aliphatic carbocycles. The number of amides is 1. The Balaban J connectivity index is 2.39. The smallest absolute Gasteiger partial charge is 0.328 e. The highest BCUT2D eigenvalue weighted by Gasteiger charge is 2.19. The van der Waals surface area contributed by atoms with Gasteiger partial charge in [-0.1, -0.05) is 6.07 Å². The monoisotopic (exact) mass is 295 g/mol. The molecule has 0 saturated carbocycles. The molecule has 0 saturated heterocycles. The number of carbonyl (C=O) groups is 2. The lowest BCUT2D eigenvalue weighted by Gasteiger charge is -2.13. The first kappa shape index (κ1) is 17.0. The molecule has 1 atom stereocenters. The van der Waals surface area contributed by atoms with Gasteiger partial charge in [-0.3, -0.25) is 4.79 Å². The predicted molar refractivity (Wildman–Crippen MR) is 77.5 cm³/mol. The predicted octanol–water partition coefficient (Wildman–Crippen LogP) is 1.29. The minimum atomic E-state index is -1.12. The Bertz CT molecular complexity index is 501. The summed E-state index contributed by atoms with van der Waals surface area (Å²) in [6, 6.07) is 4.65. The lowest BCUT2D eigenvalue weighted by Crippen LogP contribution is -2.44. The minimum absolute atomic E-state index is 0.0703. The molecule has 1 aromatic carbocycles. The fraction of sp³-hybridized carbons (Fsp3) is 0.467. The van der Waals surface area contributed by atoms with E-state index >= 15 is 0 Å². The summed E-state index contributed by atoms with van der Waals surface area (Å²) in [5.74, 6) is -0.818. The van der Waals surface area contributed by atoms with Gasteiger partial charge in [0.25, 0.3) is 0 Å². The minimum Gasteiger partial charge on any atom is -0.493 e. The Hall–Kier alpha value is -2.08. The van der Waals surface area contributed by atoms with E-state index in [1.807, 2.05) is 32.0 Å². The zero-order chi connectivity index (χ0) is 15.8. The molecule has 6 heteroatoms. The third kappa shape index (κ3) is 5.83. The summed E-state index contributed by atoms with van der Waals surface area (Å²) in [6.45, 7) is 4.11. The maximum absolute atomic E-state index is 11.6. The fourth-order valence-electron chi connectivity index (χ4n) is 1.67. The zero-order valence-corrected chi connectivity index (χ0v) is 12.5. The van der Waals surface area contributed by atoms with Crippen LogP contribution in [0.4, 0.5) is 0 Å². The summed E-state index contributed by atoms with van der Waals surface area (Å²) in [6.07, 6.45) is 0.0837. The highest BCUT2D eigenvalue weighted by Crippen LogP contribution is 2.16. The van der Waals surface area contributed by atoms with Crippen molar-refractivity contribution in [3.05, 3.63) is 29.3 Å². The summed E-state index contributed by atoms with van der Waals surface area (Å²) in [7, 11) is 1.38. The number of methoxy groups -OCH3 is 1. The van der Waals surface area contributed by atoms with Gasteiger partial charge in [-0.2, -0.15) is 0 Å². The largest absolute Gasteiger partial charge is 0.493 e. The molecule has 0 radical (unpaired) electrons. The van der Waals surface area contributed by atoms with Crippen molar-refractivity contribution in [3.8, 4) is 5.75 Å². The van der Waals surface area contributed by atoms with Crippen molar-refractivity contribution in [1.29, 1.82) is 0 Å². The molecule has 116 valence electrons. The standard InChI is InChI=1S/C15H21NO5/c1-10-4-5-12(8-11(10)2)21-7-6-14(17)16-13(9-20-3)15(18)19/h4-5,8,13H,6-7,9H2,1-3H3,(H,16,17)(H,18,19). The van der Waals surface area contributed by atoms with E-state index in [0.29, 0.717) is 5.75 Å².